The van der Waals surface area contributed by atoms with Crippen molar-refractivity contribution in [3.8, 4) is 0 Å². The van der Waals surface area contributed by atoms with Crippen LogP contribution in [0.2, 0.25) is 0 Å². The molecule has 0 aromatic heterocycles. The molecular weight excluding hydrogens is 543 g/mol. The molecule has 9 nitrogen and oxygen atoms in total. The van der Waals surface area contributed by atoms with Crippen LogP contribution in [0.25, 0.3) is 0 Å². The van der Waals surface area contributed by atoms with Crippen LogP contribution in [0.1, 0.15) is 56.8 Å². The number of aliphatic hydroxyl groups excluding tert-OH is 1. The van der Waals surface area contributed by atoms with Crippen molar-refractivity contribution in [2.45, 2.75) is 68.7 Å². The minimum absolute atomic E-state index is 0.216. The van der Waals surface area contributed by atoms with E-state index in [1.54, 1.807) is 20.8 Å². The first-order valence-electron chi connectivity index (χ1n) is 13.3. The Morgan fingerprint density at radius 3 is 2.58 bits per heavy atom. The fraction of sp³-hybridized carbons (Fsp3) is 0.552. The van der Waals surface area contributed by atoms with Gasteiger partial charge in [0.2, 0.25) is 5.78 Å². The van der Waals surface area contributed by atoms with Gasteiger partial charge in [0.05, 0.1) is 16.6 Å². The van der Waals surface area contributed by atoms with E-state index in [9.17, 15) is 37.6 Å². The molecule has 0 unspecified atom stereocenters. The lowest BCUT2D eigenvalue weighted by Gasteiger charge is -2.62. The van der Waals surface area contributed by atoms with Crippen LogP contribution in [0.3, 0.4) is 0 Å². The van der Waals surface area contributed by atoms with Crippen molar-refractivity contribution >= 4 is 27.7 Å². The Morgan fingerprint density at radius 1 is 1.20 bits per heavy atom. The minimum atomic E-state index is -4.57. The van der Waals surface area contributed by atoms with Crippen molar-refractivity contribution in [1.29, 1.82) is 0 Å². The molecule has 4 aliphatic rings. The SMILES string of the molecule is C[C@@H]1C[C@@H]2[C@@H]3CCC4=CC(=O)C=C[C@]4(C)[C@]3(F)[C@@H](O)C[C@]2(C)[C@]1(O)C(=O)COC(=O)c1cccc(S(=O)(=O)O)c1. The van der Waals surface area contributed by atoms with Gasteiger partial charge in [-0.15, -0.1) is 0 Å². The third kappa shape index (κ3) is 3.81. The highest BCUT2D eigenvalue weighted by Crippen LogP contribution is 2.70. The van der Waals surface area contributed by atoms with Gasteiger partial charge in [0, 0.05) is 16.7 Å². The number of rotatable bonds is 5. The Balaban J connectivity index is 1.41. The second kappa shape index (κ2) is 9.14. The van der Waals surface area contributed by atoms with Gasteiger partial charge in [-0.1, -0.05) is 31.6 Å². The molecule has 5 rings (SSSR count). The van der Waals surface area contributed by atoms with Crippen molar-refractivity contribution in [2.75, 3.05) is 6.61 Å². The minimum Gasteiger partial charge on any atom is -0.454 e. The highest BCUT2D eigenvalue weighted by molar-refractivity contribution is 7.85. The Labute approximate surface area is 231 Å². The van der Waals surface area contributed by atoms with Crippen LogP contribution < -0.4 is 0 Å². The smallest absolute Gasteiger partial charge is 0.338 e. The van der Waals surface area contributed by atoms with Gasteiger partial charge in [-0.25, -0.2) is 9.18 Å². The van der Waals surface area contributed by atoms with Gasteiger partial charge in [0.15, 0.2) is 18.1 Å². The number of carbonyl (C=O) groups is 3. The summed E-state index contributed by atoms with van der Waals surface area (Å²) < 4.78 is 54.4. The summed E-state index contributed by atoms with van der Waals surface area (Å²) in [7, 11) is -4.57. The van der Waals surface area contributed by atoms with E-state index in [1.807, 2.05) is 0 Å². The number of ketones is 2. The van der Waals surface area contributed by atoms with E-state index in [0.29, 0.717) is 24.8 Å². The number of carbonyl (C=O) groups excluding carboxylic acids is 3. The number of fused-ring (bicyclic) bond motifs is 5. The number of halogens is 1. The zero-order chi connectivity index (χ0) is 29.5. The largest absolute Gasteiger partial charge is 0.454 e. The molecule has 216 valence electrons. The van der Waals surface area contributed by atoms with Crippen LogP contribution in [0.5, 0.6) is 0 Å². The molecule has 0 aliphatic heterocycles. The molecule has 4 aliphatic carbocycles. The maximum absolute atomic E-state index is 17.3. The molecule has 0 saturated heterocycles. The van der Waals surface area contributed by atoms with Crippen LogP contribution in [0, 0.1) is 28.6 Å². The number of aliphatic hydroxyl groups is 2. The van der Waals surface area contributed by atoms with Crippen LogP contribution in [-0.2, 0) is 24.4 Å². The summed E-state index contributed by atoms with van der Waals surface area (Å²) in [6, 6.07) is 4.48. The summed E-state index contributed by atoms with van der Waals surface area (Å²) in [6.07, 6.45) is 3.64. The molecule has 40 heavy (non-hydrogen) atoms. The molecule has 0 heterocycles. The summed E-state index contributed by atoms with van der Waals surface area (Å²) in [5, 5.41) is 23.4. The van der Waals surface area contributed by atoms with Crippen molar-refractivity contribution < 1.29 is 46.7 Å². The monoisotopic (exact) mass is 576 g/mol. The number of benzene rings is 1. The summed E-state index contributed by atoms with van der Waals surface area (Å²) in [4.78, 5) is 37.7. The number of ether oxygens (including phenoxy) is 1. The van der Waals surface area contributed by atoms with E-state index in [1.165, 1.54) is 30.4 Å². The Kier molecular flexibility index (Phi) is 6.58. The zero-order valence-corrected chi connectivity index (χ0v) is 23.3. The van der Waals surface area contributed by atoms with Crippen molar-refractivity contribution in [2.24, 2.45) is 28.6 Å². The van der Waals surface area contributed by atoms with Gasteiger partial charge in [0.25, 0.3) is 10.1 Å². The quantitative estimate of drug-likeness (QED) is 0.354. The molecule has 0 bridgehead atoms. The Bertz CT molecular complexity index is 1470. The number of hydrogen-bond acceptors (Lipinski definition) is 8. The fourth-order valence-electron chi connectivity index (χ4n) is 8.25. The van der Waals surface area contributed by atoms with E-state index in [2.05, 4.69) is 0 Å². The van der Waals surface area contributed by atoms with Crippen molar-refractivity contribution in [3.63, 3.8) is 0 Å². The normalized spacial score (nSPS) is 40.5. The molecule has 3 fully saturated rings. The first-order valence-corrected chi connectivity index (χ1v) is 14.8. The number of allylic oxidation sites excluding steroid dienone is 4. The van der Waals surface area contributed by atoms with Crippen LogP contribution in [0.4, 0.5) is 4.39 Å². The third-order valence-electron chi connectivity index (χ3n) is 10.3. The average Bonchev–Trinajstić information content (AvgIpc) is 3.09. The van der Waals surface area contributed by atoms with Gasteiger partial charge in [0.1, 0.15) is 5.60 Å². The number of esters is 1. The predicted octanol–water partition coefficient (Wildman–Crippen LogP) is 3.01. The summed E-state index contributed by atoms with van der Waals surface area (Å²) in [5.41, 5.74) is -6.17. The van der Waals surface area contributed by atoms with Gasteiger partial charge in [-0.3, -0.25) is 14.1 Å². The van der Waals surface area contributed by atoms with E-state index < -0.39 is 79.3 Å². The molecule has 3 N–H and O–H groups in total. The Hall–Kier alpha value is -2.73. The van der Waals surface area contributed by atoms with Crippen molar-refractivity contribution in [3.05, 3.63) is 53.6 Å². The first kappa shape index (κ1) is 28.8. The highest BCUT2D eigenvalue weighted by Gasteiger charge is 2.75. The highest BCUT2D eigenvalue weighted by atomic mass is 32.2. The molecule has 1 aromatic rings. The lowest BCUT2D eigenvalue weighted by Crippen LogP contribution is -2.69. The average molecular weight is 577 g/mol. The lowest BCUT2D eigenvalue weighted by atomic mass is 9.44. The zero-order valence-electron chi connectivity index (χ0n) is 22.5. The third-order valence-corrected chi connectivity index (χ3v) is 11.2. The van der Waals surface area contributed by atoms with Gasteiger partial charge >= 0.3 is 5.97 Å². The van der Waals surface area contributed by atoms with Gasteiger partial charge in [-0.05, 0) is 74.8 Å². The van der Waals surface area contributed by atoms with Crippen molar-refractivity contribution in [1.82, 2.24) is 0 Å². The lowest BCUT2D eigenvalue weighted by molar-refractivity contribution is -0.219. The van der Waals surface area contributed by atoms with E-state index in [-0.39, 0.29) is 17.8 Å². The van der Waals surface area contributed by atoms with Gasteiger partial charge < -0.3 is 14.9 Å². The molecule has 3 saturated carbocycles. The summed E-state index contributed by atoms with van der Waals surface area (Å²) >= 11 is 0. The summed E-state index contributed by atoms with van der Waals surface area (Å²) in [5.74, 6) is -3.86. The first-order chi connectivity index (χ1) is 18.5. The topological polar surface area (TPSA) is 155 Å². The molecule has 1 aromatic carbocycles. The van der Waals surface area contributed by atoms with E-state index in [4.69, 9.17) is 4.74 Å². The number of Topliss-reactive ketones (excluding diaryl/α,β-unsaturated/α-hetero) is 1. The maximum Gasteiger partial charge on any atom is 0.338 e. The molecule has 11 heteroatoms. The summed E-state index contributed by atoms with van der Waals surface area (Å²) in [6.45, 7) is 4.22. The fourth-order valence-corrected chi connectivity index (χ4v) is 8.77. The second-order valence-corrected chi connectivity index (χ2v) is 13.6. The molecule has 0 spiro atoms. The van der Waals surface area contributed by atoms with Crippen LogP contribution in [0.15, 0.2) is 53.0 Å². The number of alkyl halides is 1. The maximum atomic E-state index is 17.3. The molecule has 0 radical (unpaired) electrons. The van der Waals surface area contributed by atoms with E-state index in [0.717, 1.165) is 12.1 Å². The second-order valence-electron chi connectivity index (χ2n) is 12.2. The number of hydrogen-bond donors (Lipinski definition) is 3. The molecule has 8 atom stereocenters. The van der Waals surface area contributed by atoms with Gasteiger partial charge in [-0.2, -0.15) is 8.42 Å². The Morgan fingerprint density at radius 2 is 1.90 bits per heavy atom. The van der Waals surface area contributed by atoms with E-state index >= 15 is 4.39 Å². The predicted molar refractivity (Wildman–Crippen MR) is 139 cm³/mol. The molecular formula is C29H33FO9S. The van der Waals surface area contributed by atoms with Crippen LogP contribution in [-0.4, -0.2) is 64.7 Å². The standard InChI is InChI=1S/C29H33FO9S/c1-16-11-22-21-8-7-18-13-19(31)9-10-26(18,2)28(21,30)23(32)14-27(22,3)29(16,35)24(33)15-39-25(34)17-5-4-6-20(12-17)40(36,37)38/h4-6,9-10,12-13,16,21-23,32,35H,7-8,11,14-15H2,1-3H3,(H,36,37,38)/t16-,21+,22-,23+,26+,27+,28-,29-/m1/s1. The molecule has 0 amide bonds. The van der Waals surface area contributed by atoms with Crippen LogP contribution >= 0.6 is 0 Å².